The fourth-order valence-corrected chi connectivity index (χ4v) is 3.24. The lowest BCUT2D eigenvalue weighted by Crippen LogP contribution is -2.44. The molecular formula is C16H19N3O3. The van der Waals surface area contributed by atoms with Crippen molar-refractivity contribution in [1.29, 1.82) is 0 Å². The van der Waals surface area contributed by atoms with Crippen molar-refractivity contribution in [2.45, 2.75) is 38.3 Å². The van der Waals surface area contributed by atoms with Crippen LogP contribution in [0.3, 0.4) is 0 Å². The highest BCUT2D eigenvalue weighted by molar-refractivity contribution is 6.09. The number of carbonyl (C=O) groups excluding carboxylic acids is 3. The summed E-state index contributed by atoms with van der Waals surface area (Å²) in [4.78, 5) is 37.9. The monoisotopic (exact) mass is 301 g/mol. The highest BCUT2D eigenvalue weighted by atomic mass is 16.2. The number of hydrogen-bond donors (Lipinski definition) is 2. The van der Waals surface area contributed by atoms with Crippen LogP contribution in [0.25, 0.3) is 0 Å². The average molecular weight is 301 g/mol. The Kier molecular flexibility index (Phi) is 3.39. The van der Waals surface area contributed by atoms with Gasteiger partial charge in [-0.15, -0.1) is 0 Å². The lowest BCUT2D eigenvalue weighted by molar-refractivity contribution is -0.135. The van der Waals surface area contributed by atoms with Crippen LogP contribution < -0.4 is 10.6 Å². The van der Waals surface area contributed by atoms with E-state index in [0.717, 1.165) is 22.4 Å². The second kappa shape index (κ2) is 5.12. The number of rotatable bonds is 3. The Balaban J connectivity index is 1.85. The molecule has 0 bridgehead atoms. The first kappa shape index (κ1) is 14.6. The van der Waals surface area contributed by atoms with Crippen molar-refractivity contribution in [3.63, 3.8) is 0 Å². The summed E-state index contributed by atoms with van der Waals surface area (Å²) in [5, 5.41) is 5.50. The molecule has 22 heavy (non-hydrogen) atoms. The molecule has 3 rings (SSSR count). The molecule has 2 aliphatic rings. The zero-order valence-corrected chi connectivity index (χ0v) is 12.7. The van der Waals surface area contributed by atoms with Crippen LogP contribution in [-0.2, 0) is 21.5 Å². The second-order valence-electron chi connectivity index (χ2n) is 6.11. The summed E-state index contributed by atoms with van der Waals surface area (Å²) in [7, 11) is 0. The molecule has 0 aromatic heterocycles. The lowest BCUT2D eigenvalue weighted by atomic mass is 9.92. The van der Waals surface area contributed by atoms with Gasteiger partial charge in [0.05, 0.1) is 0 Å². The van der Waals surface area contributed by atoms with Gasteiger partial charge in [-0.05, 0) is 37.8 Å². The standard InChI is InChI=1S/C16H19N3O3/c1-10(2)17-13(20)9-19-14(21)16(18-15(19)22)8-7-11-5-3-4-6-12(11)16/h3-6,10H,7-9H2,1-2H3,(H,17,20)(H,18,22)/t16-/m1/s1. The minimum absolute atomic E-state index is 0.0329. The van der Waals surface area contributed by atoms with E-state index in [1.165, 1.54) is 0 Å². The number of imide groups is 1. The molecule has 2 N–H and O–H groups in total. The van der Waals surface area contributed by atoms with Crippen molar-refractivity contribution in [1.82, 2.24) is 15.5 Å². The molecule has 1 atom stereocenters. The van der Waals surface area contributed by atoms with Gasteiger partial charge in [-0.25, -0.2) is 4.79 Å². The number of benzene rings is 1. The Morgan fingerprint density at radius 1 is 1.36 bits per heavy atom. The van der Waals surface area contributed by atoms with Crippen LogP contribution in [0.15, 0.2) is 24.3 Å². The molecule has 1 fully saturated rings. The second-order valence-corrected chi connectivity index (χ2v) is 6.11. The van der Waals surface area contributed by atoms with Gasteiger partial charge in [0.1, 0.15) is 12.1 Å². The highest BCUT2D eigenvalue weighted by Crippen LogP contribution is 2.41. The van der Waals surface area contributed by atoms with Gasteiger partial charge in [-0.1, -0.05) is 24.3 Å². The van der Waals surface area contributed by atoms with Crippen LogP contribution in [0.2, 0.25) is 0 Å². The number of nitrogens with one attached hydrogen (secondary N) is 2. The molecule has 1 heterocycles. The van der Waals surface area contributed by atoms with Crippen molar-refractivity contribution in [2.24, 2.45) is 0 Å². The first-order valence-corrected chi connectivity index (χ1v) is 7.46. The van der Waals surface area contributed by atoms with Crippen molar-refractivity contribution in [2.75, 3.05) is 6.54 Å². The molecule has 6 heteroatoms. The minimum Gasteiger partial charge on any atom is -0.352 e. The maximum atomic E-state index is 12.8. The van der Waals surface area contributed by atoms with Gasteiger partial charge in [-0.2, -0.15) is 0 Å². The van der Waals surface area contributed by atoms with Crippen molar-refractivity contribution >= 4 is 17.8 Å². The number of hydrogen-bond acceptors (Lipinski definition) is 3. The molecule has 1 aliphatic carbocycles. The summed E-state index contributed by atoms with van der Waals surface area (Å²) in [6.07, 6.45) is 1.29. The Hall–Kier alpha value is -2.37. The zero-order chi connectivity index (χ0) is 15.9. The Morgan fingerprint density at radius 2 is 2.09 bits per heavy atom. The topological polar surface area (TPSA) is 78.5 Å². The normalized spacial score (nSPS) is 23.1. The van der Waals surface area contributed by atoms with E-state index >= 15 is 0 Å². The predicted octanol–water partition coefficient (Wildman–Crippen LogP) is 0.904. The van der Waals surface area contributed by atoms with Gasteiger partial charge in [0, 0.05) is 6.04 Å². The third-order valence-electron chi connectivity index (χ3n) is 4.17. The van der Waals surface area contributed by atoms with Gasteiger partial charge < -0.3 is 10.6 Å². The van der Waals surface area contributed by atoms with E-state index in [0.29, 0.717) is 6.42 Å². The van der Waals surface area contributed by atoms with E-state index < -0.39 is 11.6 Å². The minimum atomic E-state index is -0.994. The molecule has 1 aromatic rings. The predicted molar refractivity (Wildman–Crippen MR) is 80.0 cm³/mol. The number of aryl methyl sites for hydroxylation is 1. The van der Waals surface area contributed by atoms with Crippen LogP contribution >= 0.6 is 0 Å². The Bertz CT molecular complexity index is 656. The van der Waals surface area contributed by atoms with Gasteiger partial charge >= 0.3 is 6.03 Å². The van der Waals surface area contributed by atoms with Crippen LogP contribution in [0.4, 0.5) is 4.79 Å². The summed E-state index contributed by atoms with van der Waals surface area (Å²) in [5.74, 6) is -0.664. The maximum Gasteiger partial charge on any atom is 0.325 e. The third-order valence-corrected chi connectivity index (χ3v) is 4.17. The van der Waals surface area contributed by atoms with E-state index in [4.69, 9.17) is 0 Å². The van der Waals surface area contributed by atoms with E-state index in [1.807, 2.05) is 38.1 Å². The fraction of sp³-hybridized carbons (Fsp3) is 0.438. The van der Waals surface area contributed by atoms with Crippen molar-refractivity contribution in [3.8, 4) is 0 Å². The quantitative estimate of drug-likeness (QED) is 0.814. The SMILES string of the molecule is CC(C)NC(=O)CN1C(=O)N[C@@]2(CCc3ccccc32)C1=O. The molecule has 1 saturated heterocycles. The summed E-state index contributed by atoms with van der Waals surface area (Å²) in [6, 6.07) is 7.09. The lowest BCUT2D eigenvalue weighted by Gasteiger charge is -2.22. The molecule has 1 aliphatic heterocycles. The zero-order valence-electron chi connectivity index (χ0n) is 12.7. The molecule has 0 radical (unpaired) electrons. The van der Waals surface area contributed by atoms with E-state index in [2.05, 4.69) is 10.6 Å². The van der Waals surface area contributed by atoms with E-state index in [1.54, 1.807) is 0 Å². The van der Waals surface area contributed by atoms with Gasteiger partial charge in [0.15, 0.2) is 0 Å². The first-order valence-electron chi connectivity index (χ1n) is 7.46. The number of amides is 4. The molecule has 0 unspecified atom stereocenters. The summed E-state index contributed by atoms with van der Waals surface area (Å²) < 4.78 is 0. The summed E-state index contributed by atoms with van der Waals surface area (Å²) in [5.41, 5.74) is 0.927. The summed E-state index contributed by atoms with van der Waals surface area (Å²) >= 11 is 0. The van der Waals surface area contributed by atoms with Gasteiger partial charge in [0.25, 0.3) is 5.91 Å². The van der Waals surface area contributed by atoms with E-state index in [9.17, 15) is 14.4 Å². The van der Waals surface area contributed by atoms with Gasteiger partial charge in [0.2, 0.25) is 5.91 Å². The van der Waals surface area contributed by atoms with Crippen molar-refractivity contribution in [3.05, 3.63) is 35.4 Å². The molecule has 0 saturated carbocycles. The van der Waals surface area contributed by atoms with Crippen LogP contribution in [0, 0.1) is 0 Å². The number of carbonyl (C=O) groups is 3. The fourth-order valence-electron chi connectivity index (χ4n) is 3.24. The molecule has 116 valence electrons. The summed E-state index contributed by atoms with van der Waals surface area (Å²) in [6.45, 7) is 3.42. The van der Waals surface area contributed by atoms with Crippen molar-refractivity contribution < 1.29 is 14.4 Å². The molecule has 1 spiro atoms. The Labute approximate surface area is 128 Å². The van der Waals surface area contributed by atoms with E-state index in [-0.39, 0.29) is 24.4 Å². The number of fused-ring (bicyclic) bond motifs is 2. The van der Waals surface area contributed by atoms with Gasteiger partial charge in [-0.3, -0.25) is 14.5 Å². The first-order chi connectivity index (χ1) is 10.4. The van der Waals surface area contributed by atoms with Crippen LogP contribution in [-0.4, -0.2) is 35.3 Å². The third kappa shape index (κ3) is 2.15. The molecule has 1 aromatic carbocycles. The van der Waals surface area contributed by atoms with Crippen LogP contribution in [0.1, 0.15) is 31.4 Å². The number of nitrogens with zero attached hydrogens (tertiary/aromatic N) is 1. The molecular weight excluding hydrogens is 282 g/mol. The molecule has 6 nitrogen and oxygen atoms in total. The Morgan fingerprint density at radius 3 is 2.82 bits per heavy atom. The number of urea groups is 1. The highest BCUT2D eigenvalue weighted by Gasteiger charge is 2.55. The smallest absolute Gasteiger partial charge is 0.325 e. The molecule has 4 amide bonds. The van der Waals surface area contributed by atoms with Crippen LogP contribution in [0.5, 0.6) is 0 Å². The average Bonchev–Trinajstić information content (AvgIpc) is 2.93. The maximum absolute atomic E-state index is 12.8. The largest absolute Gasteiger partial charge is 0.352 e.